The van der Waals surface area contributed by atoms with Crippen molar-refractivity contribution in [2.45, 2.75) is 37.5 Å². The van der Waals surface area contributed by atoms with E-state index in [1.54, 1.807) is 36.7 Å². The van der Waals surface area contributed by atoms with Crippen LogP contribution >= 0.6 is 11.3 Å². The monoisotopic (exact) mass is 705 g/mol. The number of carbonyl (C=O) groups is 2. The molecule has 15 heteroatoms. The average Bonchev–Trinajstić information content (AvgIpc) is 3.96. The molecule has 2 aromatic carbocycles. The van der Waals surface area contributed by atoms with Gasteiger partial charge in [-0.3, -0.25) is 23.9 Å². The van der Waals surface area contributed by atoms with E-state index in [2.05, 4.69) is 30.6 Å². The molecule has 2 fully saturated rings. The Morgan fingerprint density at radius 1 is 0.980 bits per heavy atom. The van der Waals surface area contributed by atoms with Gasteiger partial charge in [-0.05, 0) is 36.4 Å². The van der Waals surface area contributed by atoms with Gasteiger partial charge >= 0.3 is 0 Å². The molecule has 2 amide bonds. The predicted molar refractivity (Wildman–Crippen MR) is 187 cm³/mol. The number of H-pyrrole nitrogens is 1. The lowest BCUT2D eigenvalue weighted by Gasteiger charge is -2.18. The molecule has 2 aliphatic rings. The summed E-state index contributed by atoms with van der Waals surface area (Å²) in [6, 6.07) is 20.1. The summed E-state index contributed by atoms with van der Waals surface area (Å²) in [5, 5.41) is 17.1. The molecule has 2 aliphatic heterocycles. The molecular formula is C36H31N7O7S. The van der Waals surface area contributed by atoms with E-state index in [4.69, 9.17) is 14.2 Å². The third-order valence-electron chi connectivity index (χ3n) is 8.68. The number of aliphatic hydroxyl groups excluding tert-OH is 1. The Morgan fingerprint density at radius 3 is 2.63 bits per heavy atom. The third-order valence-corrected chi connectivity index (χ3v) is 9.73. The van der Waals surface area contributed by atoms with E-state index in [1.807, 2.05) is 42.5 Å². The Hall–Kier alpha value is -5.74. The number of amides is 2. The fraction of sp³-hybridized carbons (Fsp3) is 0.222. The highest BCUT2D eigenvalue weighted by molar-refractivity contribution is 7.17. The fourth-order valence-corrected chi connectivity index (χ4v) is 6.97. The Balaban J connectivity index is 1.03. The fourth-order valence-electron chi connectivity index (χ4n) is 6.16. The van der Waals surface area contributed by atoms with E-state index in [0.29, 0.717) is 21.2 Å². The number of benzene rings is 2. The zero-order valence-electron chi connectivity index (χ0n) is 26.9. The minimum absolute atomic E-state index is 0.0937. The molecule has 4 aromatic heterocycles. The number of rotatable bonds is 10. The molecule has 0 saturated carbocycles. The molecule has 51 heavy (non-hydrogen) atoms. The van der Waals surface area contributed by atoms with Crippen LogP contribution < -0.4 is 20.9 Å². The molecule has 14 nitrogen and oxygen atoms in total. The number of aromatic nitrogens is 5. The van der Waals surface area contributed by atoms with Gasteiger partial charge in [-0.2, -0.15) is 0 Å². The summed E-state index contributed by atoms with van der Waals surface area (Å²) < 4.78 is 18.7. The molecule has 6 aromatic rings. The highest BCUT2D eigenvalue weighted by Gasteiger charge is 2.48. The highest BCUT2D eigenvalue weighted by atomic mass is 32.1. The number of hydrogen-bond donors (Lipinski definition) is 4. The van der Waals surface area contributed by atoms with Gasteiger partial charge in [0.2, 0.25) is 5.91 Å². The predicted octanol–water partition coefficient (Wildman–Crippen LogP) is 3.38. The summed E-state index contributed by atoms with van der Waals surface area (Å²) in [6.45, 7) is 0.295. The molecule has 4 N–H and O–H groups in total. The average molecular weight is 706 g/mol. The van der Waals surface area contributed by atoms with E-state index in [9.17, 15) is 19.5 Å². The van der Waals surface area contributed by atoms with Crippen molar-refractivity contribution in [3.05, 3.63) is 112 Å². The van der Waals surface area contributed by atoms with Gasteiger partial charge in [-0.15, -0.1) is 11.3 Å². The first-order valence-corrected chi connectivity index (χ1v) is 17.0. The zero-order valence-corrected chi connectivity index (χ0v) is 27.7. The Labute approximate surface area is 294 Å². The van der Waals surface area contributed by atoms with Crippen LogP contribution in [0.2, 0.25) is 0 Å². The van der Waals surface area contributed by atoms with Crippen LogP contribution in [-0.4, -0.2) is 79.1 Å². The van der Waals surface area contributed by atoms with Gasteiger partial charge < -0.3 is 34.9 Å². The normalized spacial score (nSPS) is 19.5. The first-order valence-electron chi connectivity index (χ1n) is 16.2. The Kier molecular flexibility index (Phi) is 8.83. The van der Waals surface area contributed by atoms with E-state index in [0.717, 1.165) is 22.2 Å². The Bertz CT molecular complexity index is 2240. The van der Waals surface area contributed by atoms with Crippen molar-refractivity contribution in [3.8, 4) is 27.7 Å². The minimum Gasteiger partial charge on any atom is -0.485 e. The molecule has 2 saturated heterocycles. The third kappa shape index (κ3) is 6.74. The van der Waals surface area contributed by atoms with Crippen LogP contribution in [0.1, 0.15) is 15.4 Å². The van der Waals surface area contributed by atoms with Crippen molar-refractivity contribution in [2.75, 3.05) is 18.5 Å². The van der Waals surface area contributed by atoms with Gasteiger partial charge in [-0.1, -0.05) is 30.3 Å². The second kappa shape index (κ2) is 13.9. The first-order chi connectivity index (χ1) is 24.9. The highest BCUT2D eigenvalue weighted by Crippen LogP contribution is 2.31. The van der Waals surface area contributed by atoms with Gasteiger partial charge in [0.25, 0.3) is 11.5 Å². The minimum atomic E-state index is -0.688. The standard InChI is InChI=1S/C36H31N7O7S/c44-27-18-48-32-28(19-49-31(27)32)50-24-8-6-20(7-9-24)33-39-15-26(42-34(46)29-16-40-35(51-29)21-4-2-1-3-5-21)36(47)43(33)17-30(45)38-14-23-12-22-13-37-11-10-25(22)41-23/h1-13,15-16,27-28,31-32,41,44H,14,17-19H2,(H,38,45)(H,42,46)/t27-,28-,31-,32-/m1/s1. The number of aromatic amines is 1. The van der Waals surface area contributed by atoms with Crippen molar-refractivity contribution in [1.82, 2.24) is 29.8 Å². The maximum atomic E-state index is 13.9. The number of pyridine rings is 1. The number of hydrogen-bond acceptors (Lipinski definition) is 11. The van der Waals surface area contributed by atoms with Crippen LogP contribution in [0.15, 0.2) is 96.3 Å². The topological polar surface area (TPSA) is 183 Å². The van der Waals surface area contributed by atoms with Gasteiger partial charge in [0.15, 0.2) is 6.10 Å². The molecule has 0 spiro atoms. The van der Waals surface area contributed by atoms with Gasteiger partial charge in [-0.25, -0.2) is 9.97 Å². The summed E-state index contributed by atoms with van der Waals surface area (Å²) >= 11 is 1.19. The molecule has 6 heterocycles. The molecular weight excluding hydrogens is 675 g/mol. The number of aliphatic hydroxyl groups is 1. The quantitative estimate of drug-likeness (QED) is 0.165. The maximum absolute atomic E-state index is 13.9. The number of anilines is 1. The second-order valence-corrected chi connectivity index (χ2v) is 13.1. The van der Waals surface area contributed by atoms with E-state index in [-0.39, 0.29) is 43.9 Å². The first kappa shape index (κ1) is 32.5. The number of nitrogens with one attached hydrogen (secondary N) is 3. The van der Waals surface area contributed by atoms with Gasteiger partial charge in [0.1, 0.15) is 52.0 Å². The van der Waals surface area contributed by atoms with E-state index < -0.39 is 35.7 Å². The second-order valence-electron chi connectivity index (χ2n) is 12.1. The van der Waals surface area contributed by atoms with Crippen molar-refractivity contribution in [1.29, 1.82) is 0 Å². The molecule has 0 bridgehead atoms. The lowest BCUT2D eigenvalue weighted by Crippen LogP contribution is -2.35. The van der Waals surface area contributed by atoms with Crippen LogP contribution in [0.5, 0.6) is 5.75 Å². The van der Waals surface area contributed by atoms with Crippen LogP contribution in [0, 0.1) is 0 Å². The smallest absolute Gasteiger partial charge is 0.278 e. The SMILES string of the molecule is O=C(Cn1c(-c2ccc(O[C@@H]3CO[C@H]4[C@@H]3OC[C@H]4O)cc2)ncc(NC(=O)c2cnc(-c3ccccc3)s2)c1=O)NCc1cc2cnccc2[nH]1. The molecule has 0 radical (unpaired) electrons. The van der Waals surface area contributed by atoms with Gasteiger partial charge in [0.05, 0.1) is 32.2 Å². The van der Waals surface area contributed by atoms with Crippen molar-refractivity contribution >= 4 is 39.7 Å². The lowest BCUT2D eigenvalue weighted by atomic mass is 10.1. The zero-order chi connectivity index (χ0) is 34.9. The summed E-state index contributed by atoms with van der Waals surface area (Å²) in [5.74, 6) is -0.220. The van der Waals surface area contributed by atoms with E-state index >= 15 is 0 Å². The molecule has 8 rings (SSSR count). The Morgan fingerprint density at radius 2 is 1.80 bits per heavy atom. The number of fused-ring (bicyclic) bond motifs is 2. The maximum Gasteiger partial charge on any atom is 0.278 e. The number of carbonyl (C=O) groups excluding carboxylic acids is 2. The summed E-state index contributed by atoms with van der Waals surface area (Å²) in [5.41, 5.74) is 2.36. The number of thiazole rings is 1. The molecule has 0 unspecified atom stereocenters. The van der Waals surface area contributed by atoms with Crippen LogP contribution in [0.25, 0.3) is 32.9 Å². The van der Waals surface area contributed by atoms with E-state index in [1.165, 1.54) is 28.3 Å². The largest absolute Gasteiger partial charge is 0.485 e. The van der Waals surface area contributed by atoms with Crippen molar-refractivity contribution < 1.29 is 28.9 Å². The summed E-state index contributed by atoms with van der Waals surface area (Å²) in [7, 11) is 0. The van der Waals surface area contributed by atoms with Crippen LogP contribution in [0.4, 0.5) is 5.69 Å². The number of nitrogens with zero attached hydrogens (tertiary/aromatic N) is 4. The molecule has 4 atom stereocenters. The van der Waals surface area contributed by atoms with Gasteiger partial charge in [0, 0.05) is 40.1 Å². The molecule has 0 aliphatic carbocycles. The number of ether oxygens (including phenoxy) is 3. The van der Waals surface area contributed by atoms with Crippen LogP contribution in [0.3, 0.4) is 0 Å². The van der Waals surface area contributed by atoms with Crippen LogP contribution in [-0.2, 0) is 27.4 Å². The summed E-state index contributed by atoms with van der Waals surface area (Å²) in [6.07, 6.45) is 4.27. The van der Waals surface area contributed by atoms with Crippen molar-refractivity contribution in [3.63, 3.8) is 0 Å². The lowest BCUT2D eigenvalue weighted by molar-refractivity contribution is -0.121. The molecule has 258 valence electrons. The summed E-state index contributed by atoms with van der Waals surface area (Å²) in [4.78, 5) is 57.1. The van der Waals surface area contributed by atoms with Crippen molar-refractivity contribution in [2.24, 2.45) is 0 Å².